The summed E-state index contributed by atoms with van der Waals surface area (Å²) < 4.78 is 42.1. The van der Waals surface area contributed by atoms with E-state index in [1.54, 1.807) is 0 Å². The first-order valence-electron chi connectivity index (χ1n) is 5.47. The Kier molecular flexibility index (Phi) is 5.17. The maximum Gasteiger partial charge on any atom is 0.416 e. The lowest BCUT2D eigenvalue weighted by molar-refractivity contribution is -0.138. The third kappa shape index (κ3) is 4.78. The molecular weight excluding hydrogens is 263 g/mol. The number of hydrogen-bond donors (Lipinski definition) is 1. The van der Waals surface area contributed by atoms with Crippen molar-refractivity contribution in [1.82, 2.24) is 0 Å². The molecule has 0 aliphatic heterocycles. The Morgan fingerprint density at radius 2 is 1.89 bits per heavy atom. The fourth-order valence-corrected chi connectivity index (χ4v) is 1.53. The molecule has 0 atom stereocenters. The number of carbonyl (C=O) groups is 1. The molecule has 0 unspecified atom stereocenters. The molecule has 1 N–H and O–H groups in total. The number of carboxylic acid groups (broad SMARTS) is 1. The molecule has 1 rings (SSSR count). The molecule has 0 aromatic heterocycles. The highest BCUT2D eigenvalue weighted by atomic mass is 19.4. The smallest absolute Gasteiger partial charge is 0.416 e. The average molecular weight is 277 g/mol. The van der Waals surface area contributed by atoms with Gasteiger partial charge in [-0.3, -0.25) is 4.79 Å². The van der Waals surface area contributed by atoms with Crippen LogP contribution < -0.4 is 4.90 Å². The minimum atomic E-state index is -4.40. The van der Waals surface area contributed by atoms with Crippen molar-refractivity contribution in [2.45, 2.75) is 6.18 Å². The van der Waals surface area contributed by atoms with E-state index in [-0.39, 0.29) is 19.7 Å². The fraction of sp³-hybridized carbons (Fsp3) is 0.417. The standard InChI is InChI=1S/C12H14F3NO3/c1-19-7-6-16(8-11(17)18)10-4-2-9(3-5-10)12(13,14)15/h2-5H,6-8H2,1H3,(H,17,18). The number of rotatable bonds is 6. The highest BCUT2D eigenvalue weighted by Crippen LogP contribution is 2.30. The molecule has 0 fully saturated rings. The van der Waals surface area contributed by atoms with Crippen LogP contribution in [0.15, 0.2) is 24.3 Å². The molecule has 0 radical (unpaired) electrons. The first-order chi connectivity index (χ1) is 8.84. The van der Waals surface area contributed by atoms with Crippen LogP contribution in [0, 0.1) is 0 Å². The number of carboxylic acids is 1. The molecule has 0 bridgehead atoms. The number of anilines is 1. The summed E-state index contributed by atoms with van der Waals surface area (Å²) in [6.45, 7) is 0.275. The molecule has 0 heterocycles. The first-order valence-corrected chi connectivity index (χ1v) is 5.47. The van der Waals surface area contributed by atoms with Gasteiger partial charge in [0.25, 0.3) is 0 Å². The first kappa shape index (κ1) is 15.3. The minimum absolute atomic E-state index is 0.286. The number of methoxy groups -OCH3 is 1. The topological polar surface area (TPSA) is 49.8 Å². The summed E-state index contributed by atoms with van der Waals surface area (Å²) in [6.07, 6.45) is -4.40. The third-order valence-corrected chi connectivity index (χ3v) is 2.45. The molecular formula is C12H14F3NO3. The summed E-state index contributed by atoms with van der Waals surface area (Å²) >= 11 is 0. The molecule has 1 aromatic rings. The van der Waals surface area contributed by atoms with Crippen molar-refractivity contribution < 1.29 is 27.8 Å². The number of aliphatic carboxylic acids is 1. The average Bonchev–Trinajstić information content (AvgIpc) is 2.33. The van der Waals surface area contributed by atoms with Gasteiger partial charge in [-0.2, -0.15) is 13.2 Å². The van der Waals surface area contributed by atoms with Gasteiger partial charge in [0.2, 0.25) is 0 Å². The van der Waals surface area contributed by atoms with E-state index in [4.69, 9.17) is 9.84 Å². The van der Waals surface area contributed by atoms with Crippen molar-refractivity contribution in [2.75, 3.05) is 31.7 Å². The molecule has 0 aliphatic rings. The van der Waals surface area contributed by atoms with E-state index in [0.29, 0.717) is 5.69 Å². The second-order valence-corrected chi connectivity index (χ2v) is 3.85. The third-order valence-electron chi connectivity index (χ3n) is 2.45. The molecule has 7 heteroatoms. The molecule has 1 aromatic carbocycles. The van der Waals surface area contributed by atoms with Crippen LogP contribution in [0.3, 0.4) is 0 Å². The van der Waals surface area contributed by atoms with Crippen LogP contribution in [0.4, 0.5) is 18.9 Å². The maximum atomic E-state index is 12.4. The zero-order valence-corrected chi connectivity index (χ0v) is 10.3. The number of hydrogen-bond acceptors (Lipinski definition) is 3. The Balaban J connectivity index is 2.87. The summed E-state index contributed by atoms with van der Waals surface area (Å²) in [4.78, 5) is 12.1. The van der Waals surface area contributed by atoms with Crippen molar-refractivity contribution >= 4 is 11.7 Å². The second kappa shape index (κ2) is 6.42. The zero-order chi connectivity index (χ0) is 14.5. The molecule has 0 aliphatic carbocycles. The Morgan fingerprint density at radius 3 is 2.32 bits per heavy atom. The minimum Gasteiger partial charge on any atom is -0.480 e. The highest BCUT2D eigenvalue weighted by Gasteiger charge is 2.30. The van der Waals surface area contributed by atoms with Crippen molar-refractivity contribution in [3.8, 4) is 0 Å². The monoisotopic (exact) mass is 277 g/mol. The number of ether oxygens (including phenoxy) is 1. The van der Waals surface area contributed by atoms with Crippen LogP contribution >= 0.6 is 0 Å². The van der Waals surface area contributed by atoms with Crippen LogP contribution in [-0.2, 0) is 15.7 Å². The van der Waals surface area contributed by atoms with Gasteiger partial charge >= 0.3 is 12.1 Å². The van der Waals surface area contributed by atoms with Gasteiger partial charge in [0, 0.05) is 19.3 Å². The van der Waals surface area contributed by atoms with Gasteiger partial charge in [0.15, 0.2) is 0 Å². The van der Waals surface area contributed by atoms with E-state index in [0.717, 1.165) is 12.1 Å². The van der Waals surface area contributed by atoms with Gasteiger partial charge < -0.3 is 14.7 Å². The molecule has 19 heavy (non-hydrogen) atoms. The van der Waals surface area contributed by atoms with Crippen LogP contribution in [0.1, 0.15) is 5.56 Å². The summed E-state index contributed by atoms with van der Waals surface area (Å²) in [5, 5.41) is 8.77. The SMILES string of the molecule is COCCN(CC(=O)O)c1ccc(C(F)(F)F)cc1. The molecule has 106 valence electrons. The van der Waals surface area contributed by atoms with Crippen molar-refractivity contribution in [2.24, 2.45) is 0 Å². The quantitative estimate of drug-likeness (QED) is 0.866. The number of nitrogens with zero attached hydrogens (tertiary/aromatic N) is 1. The van der Waals surface area contributed by atoms with Gasteiger partial charge in [-0.15, -0.1) is 0 Å². The van der Waals surface area contributed by atoms with Crippen molar-refractivity contribution in [3.05, 3.63) is 29.8 Å². The molecule has 0 spiro atoms. The molecule has 0 saturated carbocycles. The lowest BCUT2D eigenvalue weighted by Crippen LogP contribution is -2.32. The van der Waals surface area contributed by atoms with E-state index < -0.39 is 17.7 Å². The summed E-state index contributed by atoms with van der Waals surface area (Å²) in [7, 11) is 1.46. The normalized spacial score (nSPS) is 11.4. The van der Waals surface area contributed by atoms with Gasteiger partial charge in [-0.25, -0.2) is 0 Å². The Morgan fingerprint density at radius 1 is 1.32 bits per heavy atom. The Bertz CT molecular complexity index is 417. The number of halogens is 3. The molecule has 0 amide bonds. The lowest BCUT2D eigenvalue weighted by atomic mass is 10.2. The largest absolute Gasteiger partial charge is 0.480 e. The Hall–Kier alpha value is -1.76. The second-order valence-electron chi connectivity index (χ2n) is 3.85. The predicted molar refractivity (Wildman–Crippen MR) is 63.2 cm³/mol. The summed E-state index contributed by atoms with van der Waals surface area (Å²) in [6, 6.07) is 4.36. The number of alkyl halides is 3. The fourth-order valence-electron chi connectivity index (χ4n) is 1.53. The van der Waals surface area contributed by atoms with Gasteiger partial charge in [-0.05, 0) is 24.3 Å². The predicted octanol–water partition coefficient (Wildman–Crippen LogP) is 2.24. The number of benzene rings is 1. The van der Waals surface area contributed by atoms with Gasteiger partial charge in [0.05, 0.1) is 12.2 Å². The van der Waals surface area contributed by atoms with Crippen molar-refractivity contribution in [3.63, 3.8) is 0 Å². The van der Waals surface area contributed by atoms with E-state index in [1.807, 2.05) is 0 Å². The zero-order valence-electron chi connectivity index (χ0n) is 10.3. The molecule has 4 nitrogen and oxygen atoms in total. The van der Waals surface area contributed by atoms with Crippen molar-refractivity contribution in [1.29, 1.82) is 0 Å². The van der Waals surface area contributed by atoms with Gasteiger partial charge in [-0.1, -0.05) is 0 Å². The van der Waals surface area contributed by atoms with E-state index in [1.165, 1.54) is 24.1 Å². The van der Waals surface area contributed by atoms with E-state index in [9.17, 15) is 18.0 Å². The lowest BCUT2D eigenvalue weighted by Gasteiger charge is -2.22. The van der Waals surface area contributed by atoms with Gasteiger partial charge in [0.1, 0.15) is 6.54 Å². The van der Waals surface area contributed by atoms with Crippen LogP contribution in [0.2, 0.25) is 0 Å². The van der Waals surface area contributed by atoms with Crippen LogP contribution in [0.25, 0.3) is 0 Å². The van der Waals surface area contributed by atoms with Crippen LogP contribution in [-0.4, -0.2) is 37.9 Å². The summed E-state index contributed by atoms with van der Waals surface area (Å²) in [5.41, 5.74) is -0.356. The Labute approximate surface area is 108 Å². The van der Waals surface area contributed by atoms with E-state index >= 15 is 0 Å². The highest BCUT2D eigenvalue weighted by molar-refractivity contribution is 5.73. The molecule has 0 saturated heterocycles. The maximum absolute atomic E-state index is 12.4. The van der Waals surface area contributed by atoms with E-state index in [2.05, 4.69) is 0 Å². The van der Waals surface area contributed by atoms with Crippen LogP contribution in [0.5, 0.6) is 0 Å². The summed E-state index contributed by atoms with van der Waals surface area (Å²) in [5.74, 6) is -1.06.